The summed E-state index contributed by atoms with van der Waals surface area (Å²) in [6.45, 7) is 0. The zero-order chi connectivity index (χ0) is 10.4. The van der Waals surface area contributed by atoms with Crippen LogP contribution in [0, 0.1) is 0 Å². The van der Waals surface area contributed by atoms with Crippen LogP contribution in [0.5, 0.6) is 0 Å². The van der Waals surface area contributed by atoms with E-state index in [0.29, 0.717) is 0 Å². The fraction of sp³-hybridized carbons (Fsp3) is 1.00. The smallest absolute Gasteiger partial charge is 0.610 e. The van der Waals surface area contributed by atoms with Crippen molar-refractivity contribution in [3.63, 3.8) is 0 Å². The van der Waals surface area contributed by atoms with E-state index in [1.165, 1.54) is 0 Å². The summed E-state index contributed by atoms with van der Waals surface area (Å²) in [6, 6.07) is 0. The van der Waals surface area contributed by atoms with Crippen LogP contribution in [0.4, 0.5) is 0 Å². The second kappa shape index (κ2) is 8.20. The van der Waals surface area contributed by atoms with Gasteiger partial charge in [0.2, 0.25) is 0 Å². The van der Waals surface area contributed by atoms with Gasteiger partial charge in [0.1, 0.15) is 0 Å². The van der Waals surface area contributed by atoms with Gasteiger partial charge in [0, 0.05) is 0 Å². The zero-order valence-electron chi connectivity index (χ0n) is 9.53. The first-order valence-corrected chi connectivity index (χ1v) is 14.6. The molecule has 0 aromatic rings. The van der Waals surface area contributed by atoms with Crippen LogP contribution in [0.15, 0.2) is 0 Å². The van der Waals surface area contributed by atoms with Crippen LogP contribution in [0.25, 0.3) is 0 Å². The van der Waals surface area contributed by atoms with E-state index < -0.39 is 58.6 Å². The van der Waals surface area contributed by atoms with Crippen LogP contribution >= 0.6 is 0 Å². The van der Waals surface area contributed by atoms with Gasteiger partial charge < -0.3 is 8.52 Å². The SMILES string of the molecule is [CH3][Al]([CH3])[O][Al]([CH3])[O][Al]([CH3])[O][Al]([CH3])[CH3]. The summed E-state index contributed by atoms with van der Waals surface area (Å²) >= 11 is -4.53. The Kier molecular flexibility index (Phi) is 9.46. The minimum atomic E-state index is -1.36. The average Bonchev–Trinajstić information content (AvgIpc) is 1.80. The highest BCUT2D eigenvalue weighted by molar-refractivity contribution is 6.68. The quantitative estimate of drug-likeness (QED) is 0.668. The lowest BCUT2D eigenvalue weighted by Gasteiger charge is -2.17. The summed E-state index contributed by atoms with van der Waals surface area (Å²) < 4.78 is 17.2. The van der Waals surface area contributed by atoms with Crippen LogP contribution in [-0.4, -0.2) is 58.6 Å². The third kappa shape index (κ3) is 10.3. The second-order valence-corrected chi connectivity index (χ2v) is 13.4. The molecule has 0 radical (unpaired) electrons. The van der Waals surface area contributed by atoms with Crippen molar-refractivity contribution in [3.8, 4) is 0 Å². The molecule has 0 aromatic carbocycles. The van der Waals surface area contributed by atoms with E-state index >= 15 is 0 Å². The van der Waals surface area contributed by atoms with Crippen LogP contribution in [0.2, 0.25) is 34.7 Å². The standard InChI is InChI=1S/6CH3.4Al.3O/h6*1H3;;;;;;;. The highest BCUT2D eigenvalue weighted by atomic mass is 27.4. The van der Waals surface area contributed by atoms with E-state index in [9.17, 15) is 0 Å². The lowest BCUT2D eigenvalue weighted by Crippen LogP contribution is -2.35. The largest absolute Gasteiger partial charge is 0.615 e. The monoisotopic (exact) mass is 246 g/mol. The molecule has 0 aliphatic heterocycles. The Morgan fingerprint density at radius 1 is 0.538 bits per heavy atom. The van der Waals surface area contributed by atoms with Crippen LogP contribution < -0.4 is 0 Å². The van der Waals surface area contributed by atoms with Gasteiger partial charge in [-0.25, -0.2) is 0 Å². The molecule has 0 aromatic heterocycles. The Balaban J connectivity index is 3.58. The van der Waals surface area contributed by atoms with Gasteiger partial charge in [0.15, 0.2) is 0 Å². The van der Waals surface area contributed by atoms with Crippen molar-refractivity contribution < 1.29 is 8.52 Å². The molecule has 0 atom stereocenters. The fourth-order valence-corrected chi connectivity index (χ4v) is 11.1. The van der Waals surface area contributed by atoms with Gasteiger partial charge in [-0.15, -0.1) is 0 Å². The second-order valence-electron chi connectivity index (χ2n) is 3.64. The summed E-state index contributed by atoms with van der Waals surface area (Å²) in [4.78, 5) is 0. The van der Waals surface area contributed by atoms with Crippen LogP contribution in [0.3, 0.4) is 0 Å². The number of rotatable bonds is 6. The first-order valence-electron chi connectivity index (χ1n) is 4.88. The van der Waals surface area contributed by atoms with Gasteiger partial charge >= 0.3 is 58.6 Å². The van der Waals surface area contributed by atoms with E-state index in [4.69, 9.17) is 8.52 Å². The van der Waals surface area contributed by atoms with Crippen molar-refractivity contribution >= 4 is 58.6 Å². The van der Waals surface area contributed by atoms with E-state index in [2.05, 4.69) is 34.7 Å². The molecule has 0 heterocycles. The van der Waals surface area contributed by atoms with Crippen molar-refractivity contribution in [1.82, 2.24) is 0 Å². The molecule has 0 saturated carbocycles. The summed E-state index contributed by atoms with van der Waals surface area (Å²) in [5.74, 6) is 12.9. The lowest BCUT2D eigenvalue weighted by atomic mass is 11.9. The Morgan fingerprint density at radius 3 is 1.08 bits per heavy atom. The van der Waals surface area contributed by atoms with Crippen LogP contribution in [0.1, 0.15) is 0 Å². The summed E-state index contributed by atoms with van der Waals surface area (Å²) in [7, 11) is 0. The van der Waals surface area contributed by atoms with Gasteiger partial charge in [0.25, 0.3) is 0 Å². The van der Waals surface area contributed by atoms with E-state index in [1.54, 1.807) is 0 Å². The molecule has 0 unspecified atom stereocenters. The summed E-state index contributed by atoms with van der Waals surface area (Å²) in [6.07, 6.45) is 0. The molecule has 3 nitrogen and oxygen atoms in total. The van der Waals surface area contributed by atoms with Gasteiger partial charge in [0.05, 0.1) is 0 Å². The first kappa shape index (κ1) is 15.0. The van der Waals surface area contributed by atoms with Crippen molar-refractivity contribution in [2.45, 2.75) is 34.7 Å². The van der Waals surface area contributed by atoms with Crippen molar-refractivity contribution in [2.75, 3.05) is 0 Å². The van der Waals surface area contributed by atoms with Crippen molar-refractivity contribution in [3.05, 3.63) is 0 Å². The molecule has 0 amide bonds. The molecule has 0 rings (SSSR count). The van der Waals surface area contributed by atoms with E-state index in [0.717, 1.165) is 0 Å². The van der Waals surface area contributed by atoms with Gasteiger partial charge in [-0.3, -0.25) is 0 Å². The predicted molar refractivity (Wildman–Crippen MR) is 61.5 cm³/mol. The molecule has 0 aliphatic rings. The zero-order valence-corrected chi connectivity index (χ0v) is 14.2. The molecular formula is C6H18Al4O3. The van der Waals surface area contributed by atoms with E-state index in [1.807, 2.05) is 0 Å². The lowest BCUT2D eigenvalue weighted by molar-refractivity contribution is 0.386. The molecule has 0 bridgehead atoms. The number of hydrogen-bond donors (Lipinski definition) is 0. The Bertz CT molecular complexity index is 119. The molecule has 0 aliphatic carbocycles. The van der Waals surface area contributed by atoms with Gasteiger partial charge in [-0.2, -0.15) is 0 Å². The molecule has 72 valence electrons. The topological polar surface area (TPSA) is 27.7 Å². The van der Waals surface area contributed by atoms with Crippen molar-refractivity contribution in [1.29, 1.82) is 0 Å². The van der Waals surface area contributed by atoms with Crippen LogP contribution in [-0.2, 0) is 8.52 Å². The third-order valence-corrected chi connectivity index (χ3v) is 11.8. The van der Waals surface area contributed by atoms with Crippen molar-refractivity contribution in [2.24, 2.45) is 0 Å². The fourth-order valence-electron chi connectivity index (χ4n) is 1.10. The highest BCUT2D eigenvalue weighted by Gasteiger charge is 2.28. The Hall–Kier alpha value is 2.01. The highest BCUT2D eigenvalue weighted by Crippen LogP contribution is 1.99. The number of hydrogen-bond acceptors (Lipinski definition) is 3. The predicted octanol–water partition coefficient (Wildman–Crippen LogP) is 1.77. The summed E-state index contributed by atoms with van der Waals surface area (Å²) in [5.41, 5.74) is 0. The van der Waals surface area contributed by atoms with E-state index in [-0.39, 0.29) is 0 Å². The summed E-state index contributed by atoms with van der Waals surface area (Å²) in [5, 5.41) is 0. The Labute approximate surface area is 101 Å². The molecule has 0 fully saturated rings. The molecule has 7 heteroatoms. The minimum absolute atomic E-state index is 0.908. The molecule has 13 heavy (non-hydrogen) atoms. The maximum atomic E-state index is 5.77. The maximum absolute atomic E-state index is 5.77. The minimum Gasteiger partial charge on any atom is -0.615 e. The third-order valence-electron chi connectivity index (χ3n) is 1.31. The molecule has 0 saturated heterocycles. The maximum Gasteiger partial charge on any atom is 0.610 e. The normalized spacial score (nSPS) is 9.69. The molecule has 0 spiro atoms. The molecular weight excluding hydrogens is 228 g/mol. The Morgan fingerprint density at radius 2 is 0.846 bits per heavy atom. The molecule has 0 N–H and O–H groups in total. The van der Waals surface area contributed by atoms with Gasteiger partial charge in [-0.05, 0) is 0 Å². The average molecular weight is 246 g/mol. The van der Waals surface area contributed by atoms with Gasteiger partial charge in [-0.1, -0.05) is 34.7 Å². The first-order chi connectivity index (χ1) is 5.91.